The van der Waals surface area contributed by atoms with Gasteiger partial charge >= 0.3 is 0 Å². The second-order valence-corrected chi connectivity index (χ2v) is 4.67. The number of nitrogens with two attached hydrogens (primary N) is 1. The number of hydrogen-bond acceptors (Lipinski definition) is 3. The number of aryl methyl sites for hydroxylation is 1. The van der Waals surface area contributed by atoms with Gasteiger partial charge in [-0.2, -0.15) is 0 Å². The molecule has 0 aliphatic heterocycles. The zero-order valence-electron chi connectivity index (χ0n) is 9.49. The zero-order valence-corrected chi connectivity index (χ0v) is 11.1. The Morgan fingerprint density at radius 1 is 1.35 bits per heavy atom. The van der Waals surface area contributed by atoms with Gasteiger partial charge in [0.2, 0.25) is 5.91 Å². The lowest BCUT2D eigenvalue weighted by Gasteiger charge is -2.05. The first kappa shape index (κ1) is 13.9. The third kappa shape index (κ3) is 5.14. The van der Waals surface area contributed by atoms with Gasteiger partial charge in [0.05, 0.1) is 0 Å². The molecule has 0 radical (unpaired) electrons. The summed E-state index contributed by atoms with van der Waals surface area (Å²) in [6.45, 7) is 0.669. The average molecular weight is 302 g/mol. The first-order chi connectivity index (χ1) is 8.13. The fourth-order valence-electron chi connectivity index (χ4n) is 1.49. The van der Waals surface area contributed by atoms with Gasteiger partial charge < -0.3 is 4.57 Å². The van der Waals surface area contributed by atoms with E-state index in [1.54, 1.807) is 16.8 Å². The van der Waals surface area contributed by atoms with Gasteiger partial charge in [0.25, 0.3) is 5.56 Å². The minimum absolute atomic E-state index is 0.00657. The molecule has 6 heteroatoms. The Bertz CT molecular complexity index is 431. The molecule has 1 amide bonds. The van der Waals surface area contributed by atoms with Gasteiger partial charge in [-0.3, -0.25) is 15.0 Å². The molecule has 17 heavy (non-hydrogen) atoms. The van der Waals surface area contributed by atoms with Crippen molar-refractivity contribution < 1.29 is 4.79 Å². The van der Waals surface area contributed by atoms with E-state index in [4.69, 9.17) is 5.84 Å². The molecule has 5 nitrogen and oxygen atoms in total. The van der Waals surface area contributed by atoms with Gasteiger partial charge in [-0.15, -0.1) is 0 Å². The molecular formula is C11H16BrN3O2. The number of carbonyl (C=O) groups excluding carboxylic acids is 1. The van der Waals surface area contributed by atoms with Crippen LogP contribution in [0.2, 0.25) is 0 Å². The molecule has 0 aliphatic rings. The Hall–Kier alpha value is -1.14. The molecule has 0 fully saturated rings. The van der Waals surface area contributed by atoms with E-state index in [9.17, 15) is 9.59 Å². The van der Waals surface area contributed by atoms with Crippen LogP contribution in [0.25, 0.3) is 0 Å². The van der Waals surface area contributed by atoms with Gasteiger partial charge in [0.1, 0.15) is 0 Å². The molecule has 94 valence electrons. The van der Waals surface area contributed by atoms with Crippen molar-refractivity contribution in [3.63, 3.8) is 0 Å². The SMILES string of the molecule is NNC(=O)CCCCCn1cc(Br)ccc1=O. The fraction of sp³-hybridized carbons (Fsp3) is 0.455. The molecule has 1 rings (SSSR count). The van der Waals surface area contributed by atoms with E-state index >= 15 is 0 Å². The summed E-state index contributed by atoms with van der Waals surface area (Å²) in [5.74, 6) is 4.82. The van der Waals surface area contributed by atoms with E-state index in [0.717, 1.165) is 23.7 Å². The number of hydrogen-bond donors (Lipinski definition) is 2. The quantitative estimate of drug-likeness (QED) is 0.358. The summed E-state index contributed by atoms with van der Waals surface area (Å²) in [6.07, 6.45) is 4.76. The van der Waals surface area contributed by atoms with Crippen LogP contribution in [0, 0.1) is 0 Å². The summed E-state index contributed by atoms with van der Waals surface area (Å²) < 4.78 is 2.55. The standard InChI is InChI=1S/C11H16BrN3O2/c12-9-5-6-11(17)15(8-9)7-3-1-2-4-10(16)14-13/h5-6,8H,1-4,7,13H2,(H,14,16). The maximum Gasteiger partial charge on any atom is 0.250 e. The highest BCUT2D eigenvalue weighted by Crippen LogP contribution is 2.06. The molecule has 3 N–H and O–H groups in total. The predicted octanol–water partition coefficient (Wildman–Crippen LogP) is 1.16. The van der Waals surface area contributed by atoms with Gasteiger partial charge in [0.15, 0.2) is 0 Å². The predicted molar refractivity (Wildman–Crippen MR) is 69.2 cm³/mol. The van der Waals surface area contributed by atoms with Crippen LogP contribution >= 0.6 is 15.9 Å². The van der Waals surface area contributed by atoms with E-state index < -0.39 is 0 Å². The number of carbonyl (C=O) groups is 1. The maximum atomic E-state index is 11.5. The van der Waals surface area contributed by atoms with Gasteiger partial charge in [-0.05, 0) is 34.8 Å². The normalized spacial score (nSPS) is 10.2. The Kier molecular flexibility index (Phi) is 5.93. The number of rotatable bonds is 6. The van der Waals surface area contributed by atoms with Crippen molar-refractivity contribution >= 4 is 21.8 Å². The van der Waals surface area contributed by atoms with Crippen molar-refractivity contribution in [1.82, 2.24) is 9.99 Å². The molecule has 1 aromatic heterocycles. The van der Waals surface area contributed by atoms with Crippen LogP contribution in [0.4, 0.5) is 0 Å². The zero-order chi connectivity index (χ0) is 12.7. The lowest BCUT2D eigenvalue weighted by molar-refractivity contribution is -0.121. The van der Waals surface area contributed by atoms with Gasteiger partial charge in [0, 0.05) is 29.7 Å². The Labute approximate surface area is 108 Å². The number of nitrogens with one attached hydrogen (secondary N) is 1. The minimum atomic E-state index is -0.148. The van der Waals surface area contributed by atoms with Crippen LogP contribution in [0.15, 0.2) is 27.6 Å². The van der Waals surface area contributed by atoms with Crippen LogP contribution in [-0.4, -0.2) is 10.5 Å². The average Bonchev–Trinajstić information content (AvgIpc) is 2.32. The summed E-state index contributed by atoms with van der Waals surface area (Å²) in [5, 5.41) is 0. The number of amides is 1. The number of nitrogens with zero attached hydrogens (tertiary/aromatic N) is 1. The van der Waals surface area contributed by atoms with E-state index in [0.29, 0.717) is 13.0 Å². The highest BCUT2D eigenvalue weighted by molar-refractivity contribution is 9.10. The first-order valence-electron chi connectivity index (χ1n) is 5.49. The number of pyridine rings is 1. The van der Waals surface area contributed by atoms with Crippen LogP contribution in [0.1, 0.15) is 25.7 Å². The van der Waals surface area contributed by atoms with Gasteiger partial charge in [-0.1, -0.05) is 6.42 Å². The first-order valence-corrected chi connectivity index (χ1v) is 6.28. The van der Waals surface area contributed by atoms with E-state index in [1.807, 2.05) is 0 Å². The highest BCUT2D eigenvalue weighted by atomic mass is 79.9. The van der Waals surface area contributed by atoms with E-state index in [2.05, 4.69) is 21.4 Å². The molecule has 0 bridgehead atoms. The Morgan fingerprint density at radius 3 is 2.82 bits per heavy atom. The molecule has 0 spiro atoms. The molecule has 0 aliphatic carbocycles. The van der Waals surface area contributed by atoms with Crippen molar-refractivity contribution in [1.29, 1.82) is 0 Å². The van der Waals surface area contributed by atoms with Crippen molar-refractivity contribution in [3.8, 4) is 0 Å². The second kappa shape index (κ2) is 7.24. The summed E-state index contributed by atoms with van der Waals surface area (Å²) in [5.41, 5.74) is 2.08. The van der Waals surface area contributed by atoms with Crippen molar-refractivity contribution in [2.75, 3.05) is 0 Å². The van der Waals surface area contributed by atoms with Crippen LogP contribution in [0.5, 0.6) is 0 Å². The largest absolute Gasteiger partial charge is 0.314 e. The summed E-state index contributed by atoms with van der Waals surface area (Å²) in [4.78, 5) is 22.3. The van der Waals surface area contributed by atoms with E-state index in [-0.39, 0.29) is 11.5 Å². The molecule has 0 aromatic carbocycles. The third-order valence-corrected chi connectivity index (χ3v) is 2.88. The molecule has 0 unspecified atom stereocenters. The molecule has 1 aromatic rings. The Morgan fingerprint density at radius 2 is 2.12 bits per heavy atom. The number of hydrazine groups is 1. The molecule has 0 atom stereocenters. The van der Waals surface area contributed by atoms with Crippen LogP contribution < -0.4 is 16.8 Å². The van der Waals surface area contributed by atoms with Crippen LogP contribution in [-0.2, 0) is 11.3 Å². The minimum Gasteiger partial charge on any atom is -0.314 e. The molecule has 0 saturated carbocycles. The third-order valence-electron chi connectivity index (χ3n) is 2.41. The summed E-state index contributed by atoms with van der Waals surface area (Å²) in [6, 6.07) is 3.26. The van der Waals surface area contributed by atoms with Crippen LogP contribution in [0.3, 0.4) is 0 Å². The van der Waals surface area contributed by atoms with Crippen molar-refractivity contribution in [2.24, 2.45) is 5.84 Å². The number of halogens is 1. The Balaban J connectivity index is 2.29. The molecule has 0 saturated heterocycles. The smallest absolute Gasteiger partial charge is 0.250 e. The lowest BCUT2D eigenvalue weighted by atomic mass is 10.2. The van der Waals surface area contributed by atoms with Gasteiger partial charge in [-0.25, -0.2) is 5.84 Å². The second-order valence-electron chi connectivity index (χ2n) is 3.76. The lowest BCUT2D eigenvalue weighted by Crippen LogP contribution is -2.29. The number of aromatic nitrogens is 1. The molecular weight excluding hydrogens is 286 g/mol. The van der Waals surface area contributed by atoms with E-state index in [1.165, 1.54) is 6.07 Å². The maximum absolute atomic E-state index is 11.5. The topological polar surface area (TPSA) is 77.1 Å². The van der Waals surface area contributed by atoms with Crippen molar-refractivity contribution in [2.45, 2.75) is 32.2 Å². The highest BCUT2D eigenvalue weighted by Gasteiger charge is 1.99. The summed E-state index contributed by atoms with van der Waals surface area (Å²) >= 11 is 3.32. The fourth-order valence-corrected chi connectivity index (χ4v) is 1.87. The summed E-state index contributed by atoms with van der Waals surface area (Å²) in [7, 11) is 0. The number of unbranched alkanes of at least 4 members (excludes halogenated alkanes) is 2. The van der Waals surface area contributed by atoms with Crippen molar-refractivity contribution in [3.05, 3.63) is 33.2 Å². The molecule has 1 heterocycles. The monoisotopic (exact) mass is 301 g/mol.